The summed E-state index contributed by atoms with van der Waals surface area (Å²) in [6.45, 7) is 8.04. The Balaban J connectivity index is 1.95. The largest absolute Gasteiger partial charge is 0.382 e. The number of thiophene rings is 1. The molecule has 132 valence electrons. The lowest BCUT2D eigenvalue weighted by Gasteiger charge is -2.12. The highest BCUT2D eigenvalue weighted by atomic mass is 32.1. The molecule has 3 rings (SSSR count). The fraction of sp³-hybridized carbons (Fsp3) is 0.368. The molecule has 0 bridgehead atoms. The number of rotatable bonds is 7. The first-order valence-corrected chi connectivity index (χ1v) is 9.34. The summed E-state index contributed by atoms with van der Waals surface area (Å²) < 4.78 is 7.45. The first kappa shape index (κ1) is 17.6. The third-order valence-corrected chi connectivity index (χ3v) is 5.20. The van der Waals surface area contributed by atoms with Gasteiger partial charge in [-0.05, 0) is 51.5 Å². The fourth-order valence-corrected chi connectivity index (χ4v) is 3.96. The van der Waals surface area contributed by atoms with Gasteiger partial charge in [0, 0.05) is 42.7 Å². The van der Waals surface area contributed by atoms with Gasteiger partial charge in [-0.25, -0.2) is 4.98 Å². The number of aryl methyl sites for hydroxylation is 2. The van der Waals surface area contributed by atoms with Crippen LogP contribution >= 0.6 is 11.3 Å². The van der Waals surface area contributed by atoms with Crippen molar-refractivity contribution < 1.29 is 9.53 Å². The van der Waals surface area contributed by atoms with E-state index in [2.05, 4.69) is 40.8 Å². The minimum atomic E-state index is -0.0537. The molecule has 25 heavy (non-hydrogen) atoms. The molecule has 0 atom stereocenters. The van der Waals surface area contributed by atoms with E-state index in [1.165, 1.54) is 11.3 Å². The molecule has 0 fully saturated rings. The van der Waals surface area contributed by atoms with Gasteiger partial charge in [0.1, 0.15) is 9.71 Å². The second-order valence-corrected chi connectivity index (χ2v) is 6.89. The van der Waals surface area contributed by atoms with Crippen molar-refractivity contribution in [1.82, 2.24) is 14.9 Å². The van der Waals surface area contributed by atoms with Gasteiger partial charge in [0.15, 0.2) is 0 Å². The summed E-state index contributed by atoms with van der Waals surface area (Å²) in [6.07, 6.45) is 2.57. The Labute approximate surface area is 151 Å². The van der Waals surface area contributed by atoms with Gasteiger partial charge in [-0.15, -0.1) is 11.3 Å². The molecule has 3 aromatic heterocycles. The average Bonchev–Trinajstić information content (AvgIpc) is 3.14. The van der Waals surface area contributed by atoms with Gasteiger partial charge in [-0.1, -0.05) is 0 Å². The van der Waals surface area contributed by atoms with Crippen LogP contribution in [0.2, 0.25) is 0 Å². The van der Waals surface area contributed by atoms with Crippen LogP contribution in [0.15, 0.2) is 30.5 Å². The highest BCUT2D eigenvalue weighted by Crippen LogP contribution is 2.34. The van der Waals surface area contributed by atoms with Crippen molar-refractivity contribution in [1.29, 1.82) is 0 Å². The van der Waals surface area contributed by atoms with E-state index in [1.807, 2.05) is 19.1 Å². The Morgan fingerprint density at radius 3 is 2.76 bits per heavy atom. The molecule has 1 N–H and O–H groups in total. The van der Waals surface area contributed by atoms with Gasteiger partial charge in [-0.2, -0.15) is 0 Å². The summed E-state index contributed by atoms with van der Waals surface area (Å²) >= 11 is 1.44. The van der Waals surface area contributed by atoms with Crippen LogP contribution in [0.3, 0.4) is 0 Å². The van der Waals surface area contributed by atoms with Gasteiger partial charge >= 0.3 is 0 Å². The second kappa shape index (κ2) is 7.80. The third-order valence-electron chi connectivity index (χ3n) is 4.10. The molecule has 0 spiro atoms. The Morgan fingerprint density at radius 2 is 2.04 bits per heavy atom. The number of hydrogen-bond donors (Lipinski definition) is 1. The quantitative estimate of drug-likeness (QED) is 0.653. The minimum Gasteiger partial charge on any atom is -0.382 e. The van der Waals surface area contributed by atoms with Crippen molar-refractivity contribution in [3.8, 4) is 5.69 Å². The van der Waals surface area contributed by atoms with Gasteiger partial charge in [-0.3, -0.25) is 4.79 Å². The number of nitrogens with one attached hydrogen (secondary N) is 1. The zero-order valence-corrected chi connectivity index (χ0v) is 15.7. The number of fused-ring (bicyclic) bond motifs is 1. The van der Waals surface area contributed by atoms with Crippen LogP contribution < -0.4 is 5.32 Å². The maximum atomic E-state index is 12.8. The van der Waals surface area contributed by atoms with E-state index in [1.54, 1.807) is 6.20 Å². The number of carbonyl (C=O) groups is 1. The predicted octanol–water partition coefficient (Wildman–Crippen LogP) is 3.86. The number of ether oxygens (including phenoxy) is 1. The molecular weight excluding hydrogens is 334 g/mol. The molecule has 0 aliphatic rings. The van der Waals surface area contributed by atoms with E-state index in [4.69, 9.17) is 4.74 Å². The van der Waals surface area contributed by atoms with E-state index >= 15 is 0 Å². The van der Waals surface area contributed by atoms with Crippen LogP contribution in [-0.2, 0) is 4.74 Å². The van der Waals surface area contributed by atoms with Crippen molar-refractivity contribution in [2.24, 2.45) is 0 Å². The number of hydrogen-bond acceptors (Lipinski definition) is 4. The van der Waals surface area contributed by atoms with Crippen LogP contribution in [0.25, 0.3) is 15.9 Å². The number of aromatic nitrogens is 2. The van der Waals surface area contributed by atoms with Crippen LogP contribution in [0.1, 0.15) is 34.4 Å². The predicted molar refractivity (Wildman–Crippen MR) is 102 cm³/mol. The second-order valence-electron chi connectivity index (χ2n) is 5.89. The molecule has 3 heterocycles. The SMILES string of the molecule is CCOCCCNC(=O)c1sc2ncccc2c1-n1c(C)ccc1C. The maximum Gasteiger partial charge on any atom is 0.263 e. The van der Waals surface area contributed by atoms with Crippen LogP contribution in [0.5, 0.6) is 0 Å². The molecule has 0 aliphatic heterocycles. The van der Waals surface area contributed by atoms with Gasteiger partial charge < -0.3 is 14.6 Å². The van der Waals surface area contributed by atoms with Crippen LogP contribution in [0, 0.1) is 13.8 Å². The van der Waals surface area contributed by atoms with Crippen molar-refractivity contribution in [3.63, 3.8) is 0 Å². The summed E-state index contributed by atoms with van der Waals surface area (Å²) in [6, 6.07) is 8.08. The van der Waals surface area contributed by atoms with E-state index in [9.17, 15) is 4.79 Å². The van der Waals surface area contributed by atoms with Crippen LogP contribution in [-0.4, -0.2) is 35.2 Å². The molecule has 0 saturated carbocycles. The van der Waals surface area contributed by atoms with E-state index < -0.39 is 0 Å². The Bertz CT molecular complexity index is 863. The molecule has 0 radical (unpaired) electrons. The minimum absolute atomic E-state index is 0.0537. The standard InChI is InChI=1S/C19H23N3O2S/c1-4-24-12-6-11-20-18(23)17-16(22-13(2)8-9-14(22)3)15-7-5-10-21-19(15)25-17/h5,7-10H,4,6,11-12H2,1-3H3,(H,20,23). The van der Waals surface area contributed by atoms with Crippen LogP contribution in [0.4, 0.5) is 0 Å². The fourth-order valence-electron chi connectivity index (χ4n) is 2.92. The lowest BCUT2D eigenvalue weighted by Crippen LogP contribution is -2.25. The molecular formula is C19H23N3O2S. The Kier molecular flexibility index (Phi) is 5.50. The smallest absolute Gasteiger partial charge is 0.263 e. The van der Waals surface area contributed by atoms with Gasteiger partial charge in [0.25, 0.3) is 5.91 Å². The van der Waals surface area contributed by atoms with Crippen molar-refractivity contribution >= 4 is 27.5 Å². The summed E-state index contributed by atoms with van der Waals surface area (Å²) in [4.78, 5) is 18.8. The zero-order valence-electron chi connectivity index (χ0n) is 14.8. The summed E-state index contributed by atoms with van der Waals surface area (Å²) in [5, 5.41) is 4.02. The normalized spacial score (nSPS) is 11.2. The first-order valence-electron chi connectivity index (χ1n) is 8.52. The average molecular weight is 357 g/mol. The molecule has 5 nitrogen and oxygen atoms in total. The lowest BCUT2D eigenvalue weighted by molar-refractivity contribution is 0.0948. The van der Waals surface area contributed by atoms with E-state index in [0.29, 0.717) is 24.6 Å². The van der Waals surface area contributed by atoms with Gasteiger partial charge in [0.2, 0.25) is 0 Å². The molecule has 0 saturated heterocycles. The topological polar surface area (TPSA) is 56.1 Å². The summed E-state index contributed by atoms with van der Waals surface area (Å²) in [5.74, 6) is -0.0537. The molecule has 3 aromatic rings. The number of carbonyl (C=O) groups excluding carboxylic acids is 1. The number of amides is 1. The number of pyridine rings is 1. The van der Waals surface area contributed by atoms with E-state index in [-0.39, 0.29) is 5.91 Å². The van der Waals surface area contributed by atoms with Crippen molar-refractivity contribution in [2.45, 2.75) is 27.2 Å². The molecule has 0 aromatic carbocycles. The monoisotopic (exact) mass is 357 g/mol. The Hall–Kier alpha value is -2.18. The first-order chi connectivity index (χ1) is 12.1. The van der Waals surface area contributed by atoms with Crippen molar-refractivity contribution in [3.05, 3.63) is 46.7 Å². The Morgan fingerprint density at radius 1 is 1.28 bits per heavy atom. The molecule has 0 unspecified atom stereocenters. The molecule has 1 amide bonds. The van der Waals surface area contributed by atoms with E-state index in [0.717, 1.165) is 33.7 Å². The lowest BCUT2D eigenvalue weighted by atomic mass is 10.2. The highest BCUT2D eigenvalue weighted by molar-refractivity contribution is 7.21. The molecule has 6 heteroatoms. The molecule has 0 aliphatic carbocycles. The van der Waals surface area contributed by atoms with Gasteiger partial charge in [0.05, 0.1) is 5.69 Å². The highest BCUT2D eigenvalue weighted by Gasteiger charge is 2.21. The third kappa shape index (κ3) is 3.60. The summed E-state index contributed by atoms with van der Waals surface area (Å²) in [7, 11) is 0. The summed E-state index contributed by atoms with van der Waals surface area (Å²) in [5.41, 5.74) is 3.13. The van der Waals surface area contributed by atoms with Crippen molar-refractivity contribution in [2.75, 3.05) is 19.8 Å². The zero-order chi connectivity index (χ0) is 17.8. The maximum absolute atomic E-state index is 12.8. The number of nitrogens with zero attached hydrogens (tertiary/aromatic N) is 2.